The number of esters is 2. The van der Waals surface area contributed by atoms with Crippen LogP contribution < -0.4 is 11.5 Å². The summed E-state index contributed by atoms with van der Waals surface area (Å²) in [7, 11) is 6.18. The second kappa shape index (κ2) is 53.1. The smallest absolute Gasteiger partial charge is 0.329 e. The van der Waals surface area contributed by atoms with Gasteiger partial charge in [0.25, 0.3) is 17.7 Å². The fraction of sp³-hybridized carbons (Fsp3) is 0.660. The number of aromatic nitrogens is 5. The third kappa shape index (κ3) is 31.0. The van der Waals surface area contributed by atoms with E-state index in [1.54, 1.807) is 45.9 Å². The molecule has 5 aromatic rings. The Balaban J connectivity index is 0.601. The first-order valence-corrected chi connectivity index (χ1v) is 44.9. The minimum absolute atomic E-state index is 0.0109. The monoisotopic (exact) mass is 1760 g/mol. The fourth-order valence-electron chi connectivity index (χ4n) is 16.9. The number of Topliss-reactive ketones (excluding diaryl/α,β-unsaturated/α-hetero) is 3. The number of methoxy groups -OCH3 is 4. The summed E-state index contributed by atoms with van der Waals surface area (Å²) in [6, 6.07) is 12.5. The van der Waals surface area contributed by atoms with E-state index in [-0.39, 0.29) is 73.0 Å². The van der Waals surface area contributed by atoms with Crippen LogP contribution in [0.2, 0.25) is 0 Å². The van der Waals surface area contributed by atoms with Gasteiger partial charge in [-0.2, -0.15) is 10.1 Å². The Kier molecular flexibility index (Phi) is 42.8. The molecule has 1 saturated carbocycles. The van der Waals surface area contributed by atoms with Crippen molar-refractivity contribution < 1.29 is 114 Å². The molecule has 32 nitrogen and oxygen atoms in total. The third-order valence-corrected chi connectivity index (χ3v) is 24.3. The van der Waals surface area contributed by atoms with Gasteiger partial charge in [0.1, 0.15) is 59.6 Å². The number of nitrogens with zero attached hydrogens (tertiary/aromatic N) is 6. The second-order valence-corrected chi connectivity index (χ2v) is 33.8. The number of nitrogen functional groups attached to an aromatic ring is 2. The van der Waals surface area contributed by atoms with Crippen LogP contribution in [0.5, 0.6) is 0 Å². The summed E-state index contributed by atoms with van der Waals surface area (Å²) in [5.41, 5.74) is 18.7. The van der Waals surface area contributed by atoms with Gasteiger partial charge in [-0.05, 0) is 149 Å². The third-order valence-electron chi connectivity index (χ3n) is 24.3. The molecule has 3 fully saturated rings. The minimum Gasteiger partial charge on any atom is -0.460 e. The molecule has 6 heterocycles. The standard InChI is InChI=1S/C94H138N8O24/c1-61-18-13-12-14-19-62(2)78(111-8)57-73-31-22-67(7)94(110,126-73)88(107)91(108)101-35-16-15-20-75(101)92(109)124-80(58-79(112-9)63(3)53-66(6)86(106)87(114-11)85(105)65(5)52-61)64(4)54-70-28-32-77(81(55-70)113-10)123-82(104)21-17-36-115-38-40-117-42-44-119-46-48-121-50-51-122-49-47-120-45-43-118-41-39-116-37-34-72(103)30-27-68-23-25-69(26-24-68)59-102-90-83(89(95)97-60-98-90)84(100-102)71-29-33-76-74(56-71)99-93(96)125-76/h12-14,18-19,23-26,29,33,53,56,60-61,63-65,67,70,73,75,77-81,86-87,106,110H,15-17,20-22,27-28,30-32,34-52,54-55,57-59H2,1-11H3,(H2,96,99)(H2,95,97,98)/b14-12+,18-13+,62-19+,66-53+/t61-,63-,64-,65-,67-,70+,73+,75+,77-,78+,79-,80+,81-,86-,87+,94-/m1/s1. The SMILES string of the molecule is CO[C@H]1C[C@@H]2CC[C@@H](C)[C@@](O)(O2)C(=O)C(=O)N2CCCC[C@H]2C(=O)O[C@H]([C@H](C)C[C@@H]2CC[C@@H](OC(=O)CCCOCCOCCOCCOCCOCCOCCOCCOCCC(=O)CCc3ccc(Cn4nc(-c5ccc6oc(N)nc6c5)c5c(N)ncnc54)cc3)[C@H](OC)C2)C[C@@H](OC)[C@H](C)/C=C(\C)[C@@H](O)[C@@H](OC)C(=O)[C@H](C)C[C@H](C)/C=C/C=C/C=C/1C. The maximum atomic E-state index is 14.9. The van der Waals surface area contributed by atoms with Crippen LogP contribution in [0, 0.1) is 35.5 Å². The van der Waals surface area contributed by atoms with E-state index in [1.165, 1.54) is 18.3 Å². The Morgan fingerprint density at radius 3 is 1.94 bits per heavy atom. The predicted molar refractivity (Wildman–Crippen MR) is 471 cm³/mol. The van der Waals surface area contributed by atoms with E-state index in [0.29, 0.717) is 241 Å². The Hall–Kier alpha value is -8.16. The highest BCUT2D eigenvalue weighted by Crippen LogP contribution is 2.40. The number of hydrogen-bond acceptors (Lipinski definition) is 30. The summed E-state index contributed by atoms with van der Waals surface area (Å²) < 4.78 is 95.0. The molecule has 126 heavy (non-hydrogen) atoms. The molecule has 0 spiro atoms. The molecule has 32 heteroatoms. The topological polar surface area (TPSA) is 406 Å². The number of aliphatic hydroxyl groups is 2. The highest BCUT2D eigenvalue weighted by molar-refractivity contribution is 6.39. The molecule has 1 amide bonds. The number of aliphatic hydroxyl groups excluding tert-OH is 1. The highest BCUT2D eigenvalue weighted by Gasteiger charge is 2.53. The molecule has 9 rings (SSSR count). The Labute approximate surface area is 741 Å². The first-order valence-electron chi connectivity index (χ1n) is 44.9. The Bertz CT molecular complexity index is 4320. The van der Waals surface area contributed by atoms with E-state index in [0.717, 1.165) is 22.3 Å². The molecule has 4 aliphatic rings. The van der Waals surface area contributed by atoms with E-state index in [2.05, 4.69) is 15.0 Å². The fourth-order valence-corrected chi connectivity index (χ4v) is 16.9. The number of cyclic esters (lactones) is 1. The van der Waals surface area contributed by atoms with E-state index in [4.69, 9.17) is 92.0 Å². The van der Waals surface area contributed by atoms with E-state index in [1.807, 2.05) is 107 Å². The number of anilines is 2. The van der Waals surface area contributed by atoms with Crippen LogP contribution in [0.25, 0.3) is 33.4 Å². The van der Waals surface area contributed by atoms with Gasteiger partial charge in [0.2, 0.25) is 5.79 Å². The molecule has 6 N–H and O–H groups in total. The summed E-state index contributed by atoms with van der Waals surface area (Å²) in [5, 5.41) is 29.5. The largest absolute Gasteiger partial charge is 0.460 e. The zero-order valence-corrected chi connectivity index (χ0v) is 75.7. The maximum Gasteiger partial charge on any atom is 0.329 e. The van der Waals surface area contributed by atoms with Gasteiger partial charge in [0.15, 0.2) is 17.0 Å². The van der Waals surface area contributed by atoms with E-state index >= 15 is 0 Å². The van der Waals surface area contributed by atoms with Gasteiger partial charge in [0, 0.05) is 97.0 Å². The number of amides is 1. The number of rotatable bonds is 42. The molecule has 0 radical (unpaired) electrons. The van der Waals surface area contributed by atoms with Gasteiger partial charge in [-0.15, -0.1) is 0 Å². The van der Waals surface area contributed by atoms with Crippen molar-refractivity contribution in [2.75, 3.05) is 152 Å². The highest BCUT2D eigenvalue weighted by atomic mass is 16.6. The number of allylic oxidation sites excluding steroid dienone is 5. The van der Waals surface area contributed by atoms with Gasteiger partial charge in [0.05, 0.1) is 135 Å². The van der Waals surface area contributed by atoms with Crippen LogP contribution >= 0.6 is 0 Å². The number of ether oxygens (including phenoxy) is 15. The van der Waals surface area contributed by atoms with Crippen molar-refractivity contribution >= 4 is 69.2 Å². The molecule has 698 valence electrons. The Morgan fingerprint density at radius 2 is 1.30 bits per heavy atom. The summed E-state index contributed by atoms with van der Waals surface area (Å²) in [4.78, 5) is 98.2. The van der Waals surface area contributed by atoms with E-state index < -0.39 is 90.2 Å². The number of aryl methyl sites for hydroxylation is 1. The van der Waals surface area contributed by atoms with Crippen molar-refractivity contribution in [3.63, 3.8) is 0 Å². The van der Waals surface area contributed by atoms with Crippen molar-refractivity contribution in [3.05, 3.63) is 108 Å². The number of piperidine rings is 1. The number of ketones is 3. The lowest BCUT2D eigenvalue weighted by molar-refractivity contribution is -0.265. The molecule has 1 aliphatic carbocycles. The molecule has 16 atom stereocenters. The van der Waals surface area contributed by atoms with Crippen molar-refractivity contribution in [2.24, 2.45) is 35.5 Å². The molecule has 3 aromatic heterocycles. The number of oxazole rings is 1. The quantitative estimate of drug-likeness (QED) is 0.0122. The number of benzene rings is 2. The van der Waals surface area contributed by atoms with Crippen LogP contribution in [0.4, 0.5) is 11.8 Å². The summed E-state index contributed by atoms with van der Waals surface area (Å²) in [5.74, 6) is -7.18. The van der Waals surface area contributed by atoms with Crippen molar-refractivity contribution in [3.8, 4) is 11.3 Å². The van der Waals surface area contributed by atoms with Crippen LogP contribution in [0.3, 0.4) is 0 Å². The molecule has 2 aromatic carbocycles. The van der Waals surface area contributed by atoms with Gasteiger partial charge in [-0.25, -0.2) is 19.4 Å². The van der Waals surface area contributed by atoms with Gasteiger partial charge in [-0.1, -0.05) is 95.3 Å². The number of hydrogen-bond donors (Lipinski definition) is 4. The van der Waals surface area contributed by atoms with Crippen LogP contribution in [-0.4, -0.2) is 276 Å². The lowest BCUT2D eigenvalue weighted by atomic mass is 9.78. The summed E-state index contributed by atoms with van der Waals surface area (Å²) in [6.07, 6.45) is 14.8. The molecular formula is C94H138N8O24. The lowest BCUT2D eigenvalue weighted by Gasteiger charge is -2.43. The molecule has 2 bridgehead atoms. The number of carbonyl (C=O) groups excluding carboxylic acids is 6. The average Bonchev–Trinajstić information content (AvgIpc) is 1.11. The van der Waals surface area contributed by atoms with Crippen LogP contribution in [0.15, 0.2) is 101 Å². The predicted octanol–water partition coefficient (Wildman–Crippen LogP) is 10.8. The zero-order chi connectivity index (χ0) is 90.5. The first kappa shape index (κ1) is 102. The zero-order valence-electron chi connectivity index (χ0n) is 75.7. The number of carbonyl (C=O) groups is 6. The average molecular weight is 1760 g/mol. The second-order valence-electron chi connectivity index (χ2n) is 33.8. The Morgan fingerprint density at radius 1 is 0.659 bits per heavy atom. The van der Waals surface area contributed by atoms with Crippen molar-refractivity contribution in [2.45, 2.75) is 225 Å². The molecular weight excluding hydrogens is 1630 g/mol. The lowest BCUT2D eigenvalue weighted by Crippen LogP contribution is -2.61. The van der Waals surface area contributed by atoms with Gasteiger partial charge >= 0.3 is 11.9 Å². The number of fused-ring (bicyclic) bond motifs is 5. The maximum absolute atomic E-state index is 14.9. The summed E-state index contributed by atoms with van der Waals surface area (Å²) in [6.45, 7) is 19.9. The van der Waals surface area contributed by atoms with Gasteiger partial charge < -0.3 is 102 Å². The van der Waals surface area contributed by atoms with Crippen LogP contribution in [0.1, 0.15) is 162 Å². The van der Waals surface area contributed by atoms with Gasteiger partial charge in [-0.3, -0.25) is 24.0 Å². The molecule has 3 aliphatic heterocycles. The normalized spacial score (nSPS) is 27.2. The van der Waals surface area contributed by atoms with Crippen molar-refractivity contribution in [1.29, 1.82) is 0 Å². The summed E-state index contributed by atoms with van der Waals surface area (Å²) >= 11 is 0. The van der Waals surface area contributed by atoms with E-state index in [9.17, 15) is 39.0 Å². The van der Waals surface area contributed by atoms with Crippen molar-refractivity contribution in [1.82, 2.24) is 29.6 Å². The molecule has 0 unspecified atom stereocenters. The first-order chi connectivity index (χ1) is 60.8. The minimum atomic E-state index is -2.45. The van der Waals surface area contributed by atoms with Crippen LogP contribution in [-0.2, 0) is 113 Å². The number of nitrogens with two attached hydrogens (primary N) is 2. The molecule has 2 saturated heterocycles.